The van der Waals surface area contributed by atoms with E-state index in [0.717, 1.165) is 0 Å². The number of hydrogen-bond donors (Lipinski definition) is 2. The summed E-state index contributed by atoms with van der Waals surface area (Å²) < 4.78 is 0. The molecule has 0 aliphatic carbocycles. The number of carbonyl (C=O) groups is 2. The Morgan fingerprint density at radius 2 is 2.11 bits per heavy atom. The van der Waals surface area contributed by atoms with Crippen LogP contribution in [0.2, 0.25) is 0 Å². The molecule has 0 aromatic heterocycles. The lowest BCUT2D eigenvalue weighted by atomic mass is 10.3. The van der Waals surface area contributed by atoms with E-state index >= 15 is 0 Å². The average molecular weight is 128 g/mol. The molecule has 1 unspecified atom stereocenters. The predicted octanol–water partition coefficient (Wildman–Crippen LogP) is -1.38. The first-order valence-electron chi connectivity index (χ1n) is 2.79. The van der Waals surface area contributed by atoms with Gasteiger partial charge in [0.05, 0.1) is 0 Å². The maximum Gasteiger partial charge on any atom is 0.309 e. The van der Waals surface area contributed by atoms with E-state index in [0.29, 0.717) is 6.54 Å². The number of amides is 2. The molecule has 1 saturated heterocycles. The average Bonchev–Trinajstić information content (AvgIpc) is 1.80. The van der Waals surface area contributed by atoms with Gasteiger partial charge >= 0.3 is 11.8 Å². The summed E-state index contributed by atoms with van der Waals surface area (Å²) in [7, 11) is 0. The predicted molar refractivity (Wildman–Crippen MR) is 30.6 cm³/mol. The van der Waals surface area contributed by atoms with E-state index in [1.165, 1.54) is 0 Å². The first-order valence-corrected chi connectivity index (χ1v) is 2.79. The number of nitrogens with one attached hydrogen (secondary N) is 2. The Balaban J connectivity index is 2.54. The van der Waals surface area contributed by atoms with Crippen molar-refractivity contribution in [1.82, 2.24) is 10.6 Å². The second kappa shape index (κ2) is 2.05. The van der Waals surface area contributed by atoms with Crippen LogP contribution in [0.1, 0.15) is 6.92 Å². The van der Waals surface area contributed by atoms with Crippen molar-refractivity contribution >= 4 is 11.8 Å². The molecule has 1 rings (SSSR count). The molecule has 1 fully saturated rings. The fourth-order valence-electron chi connectivity index (χ4n) is 0.666. The van der Waals surface area contributed by atoms with Gasteiger partial charge in [0.25, 0.3) is 0 Å². The van der Waals surface area contributed by atoms with Crippen molar-refractivity contribution in [1.29, 1.82) is 0 Å². The summed E-state index contributed by atoms with van der Waals surface area (Å²) >= 11 is 0. The van der Waals surface area contributed by atoms with Crippen LogP contribution in [0.5, 0.6) is 0 Å². The molecule has 0 aromatic carbocycles. The van der Waals surface area contributed by atoms with Gasteiger partial charge in [0.1, 0.15) is 0 Å². The molecule has 1 aliphatic rings. The quantitative estimate of drug-likeness (QED) is 0.395. The smallest absolute Gasteiger partial charge is 0.309 e. The van der Waals surface area contributed by atoms with Gasteiger partial charge in [-0.1, -0.05) is 0 Å². The van der Waals surface area contributed by atoms with Gasteiger partial charge in [-0.15, -0.1) is 0 Å². The summed E-state index contributed by atoms with van der Waals surface area (Å²) in [5.74, 6) is -1.07. The van der Waals surface area contributed by atoms with Crippen LogP contribution in [0.3, 0.4) is 0 Å². The van der Waals surface area contributed by atoms with E-state index < -0.39 is 11.8 Å². The molecule has 0 aromatic rings. The van der Waals surface area contributed by atoms with Crippen molar-refractivity contribution in [3.8, 4) is 0 Å². The van der Waals surface area contributed by atoms with E-state index in [9.17, 15) is 9.59 Å². The fourth-order valence-corrected chi connectivity index (χ4v) is 0.666. The molecule has 2 N–H and O–H groups in total. The highest BCUT2D eigenvalue weighted by molar-refractivity contribution is 6.35. The highest BCUT2D eigenvalue weighted by Gasteiger charge is 2.20. The van der Waals surface area contributed by atoms with Gasteiger partial charge in [0.2, 0.25) is 0 Å². The maximum absolute atomic E-state index is 10.5. The molecule has 1 aliphatic heterocycles. The van der Waals surface area contributed by atoms with Crippen LogP contribution >= 0.6 is 0 Å². The van der Waals surface area contributed by atoms with Gasteiger partial charge in [-0.25, -0.2) is 0 Å². The van der Waals surface area contributed by atoms with Crippen LogP contribution in [0.15, 0.2) is 0 Å². The molecular weight excluding hydrogens is 120 g/mol. The molecule has 4 heteroatoms. The Kier molecular flexibility index (Phi) is 1.38. The summed E-state index contributed by atoms with van der Waals surface area (Å²) in [5, 5.41) is 4.91. The standard InChI is InChI=1S/C5H8N2O2/c1-3-2-6-4(8)5(9)7-3/h3H,2H2,1H3,(H,6,8)(H,7,9). The van der Waals surface area contributed by atoms with Crippen LogP contribution < -0.4 is 10.6 Å². The summed E-state index contributed by atoms with van der Waals surface area (Å²) in [5.41, 5.74) is 0. The third-order valence-electron chi connectivity index (χ3n) is 1.15. The van der Waals surface area contributed by atoms with E-state index in [4.69, 9.17) is 0 Å². The van der Waals surface area contributed by atoms with Gasteiger partial charge in [0, 0.05) is 12.6 Å². The SMILES string of the molecule is CC1CNC(=O)C(=O)N1. The molecule has 1 heterocycles. The second-order valence-corrected chi connectivity index (χ2v) is 2.08. The molecule has 50 valence electrons. The Bertz CT molecular complexity index is 155. The van der Waals surface area contributed by atoms with Crippen LogP contribution in [-0.2, 0) is 9.59 Å². The maximum atomic E-state index is 10.5. The zero-order valence-corrected chi connectivity index (χ0v) is 5.10. The Hall–Kier alpha value is -1.06. The molecule has 0 saturated carbocycles. The minimum Gasteiger partial charge on any atom is -0.346 e. The molecule has 0 spiro atoms. The summed E-state index contributed by atoms with van der Waals surface area (Å²) in [4.78, 5) is 20.9. The third-order valence-corrected chi connectivity index (χ3v) is 1.15. The number of carbonyl (C=O) groups excluding carboxylic acids is 2. The first-order chi connectivity index (χ1) is 4.20. The summed E-state index contributed by atoms with van der Waals surface area (Å²) in [6.45, 7) is 2.36. The molecule has 0 bridgehead atoms. The highest BCUT2D eigenvalue weighted by Crippen LogP contribution is 1.85. The first kappa shape index (κ1) is 6.07. The molecule has 9 heavy (non-hydrogen) atoms. The molecular formula is C5H8N2O2. The van der Waals surface area contributed by atoms with E-state index in [1.807, 2.05) is 6.92 Å². The van der Waals surface area contributed by atoms with Crippen molar-refractivity contribution < 1.29 is 9.59 Å². The monoisotopic (exact) mass is 128 g/mol. The van der Waals surface area contributed by atoms with Crippen molar-refractivity contribution in [2.75, 3.05) is 6.54 Å². The number of rotatable bonds is 0. The van der Waals surface area contributed by atoms with Gasteiger partial charge in [-0.2, -0.15) is 0 Å². The van der Waals surface area contributed by atoms with E-state index in [-0.39, 0.29) is 6.04 Å². The van der Waals surface area contributed by atoms with Crippen LogP contribution in [0.4, 0.5) is 0 Å². The second-order valence-electron chi connectivity index (χ2n) is 2.08. The van der Waals surface area contributed by atoms with Gasteiger partial charge < -0.3 is 10.6 Å². The number of hydrogen-bond acceptors (Lipinski definition) is 2. The topological polar surface area (TPSA) is 58.2 Å². The van der Waals surface area contributed by atoms with Crippen LogP contribution in [0, 0.1) is 0 Å². The van der Waals surface area contributed by atoms with E-state index in [1.54, 1.807) is 0 Å². The number of piperazine rings is 1. The largest absolute Gasteiger partial charge is 0.346 e. The van der Waals surface area contributed by atoms with Crippen LogP contribution in [0.25, 0.3) is 0 Å². The highest BCUT2D eigenvalue weighted by atomic mass is 16.2. The zero-order chi connectivity index (χ0) is 6.85. The van der Waals surface area contributed by atoms with Crippen molar-refractivity contribution in [2.24, 2.45) is 0 Å². The minimum atomic E-state index is -0.534. The fraction of sp³-hybridized carbons (Fsp3) is 0.600. The zero-order valence-electron chi connectivity index (χ0n) is 5.10. The van der Waals surface area contributed by atoms with Crippen LogP contribution in [-0.4, -0.2) is 24.4 Å². The van der Waals surface area contributed by atoms with Gasteiger partial charge in [-0.3, -0.25) is 9.59 Å². The molecule has 4 nitrogen and oxygen atoms in total. The lowest BCUT2D eigenvalue weighted by Gasteiger charge is -2.18. The molecule has 1 atom stereocenters. The van der Waals surface area contributed by atoms with Crippen molar-refractivity contribution in [3.63, 3.8) is 0 Å². The minimum absolute atomic E-state index is 0.0650. The summed E-state index contributed by atoms with van der Waals surface area (Å²) in [6.07, 6.45) is 0. The lowest BCUT2D eigenvalue weighted by molar-refractivity contribution is -0.141. The summed E-state index contributed by atoms with van der Waals surface area (Å²) in [6, 6.07) is 0.0650. The molecule has 0 radical (unpaired) electrons. The van der Waals surface area contributed by atoms with Crippen molar-refractivity contribution in [2.45, 2.75) is 13.0 Å². The normalized spacial score (nSPS) is 27.0. The Morgan fingerprint density at radius 3 is 2.56 bits per heavy atom. The third kappa shape index (κ3) is 1.19. The van der Waals surface area contributed by atoms with Crippen molar-refractivity contribution in [3.05, 3.63) is 0 Å². The van der Waals surface area contributed by atoms with Gasteiger partial charge in [0.15, 0.2) is 0 Å². The lowest BCUT2D eigenvalue weighted by Crippen LogP contribution is -2.54. The molecule has 2 amide bonds. The Labute approximate surface area is 52.6 Å². The van der Waals surface area contributed by atoms with E-state index in [2.05, 4.69) is 10.6 Å². The Morgan fingerprint density at radius 1 is 1.44 bits per heavy atom. The van der Waals surface area contributed by atoms with Gasteiger partial charge in [-0.05, 0) is 6.92 Å².